The highest BCUT2D eigenvalue weighted by Crippen LogP contribution is 2.32. The first-order valence-electron chi connectivity index (χ1n) is 6.98. The molecular weight excluding hydrogens is 242 g/mol. The van der Waals surface area contributed by atoms with Crippen LogP contribution in [0.25, 0.3) is 0 Å². The van der Waals surface area contributed by atoms with E-state index in [-0.39, 0.29) is 0 Å². The average Bonchev–Trinajstić information content (AvgIpc) is 2.75. The van der Waals surface area contributed by atoms with E-state index in [2.05, 4.69) is 40.4 Å². The molecule has 3 heterocycles. The number of nitrogens with one attached hydrogen (secondary N) is 1. The number of piperazine rings is 1. The zero-order valence-electron chi connectivity index (χ0n) is 11.4. The number of nitrogens with zero attached hydrogens (tertiary/aromatic N) is 2. The van der Waals surface area contributed by atoms with Crippen LogP contribution in [0.15, 0.2) is 11.4 Å². The molecule has 1 N–H and O–H groups in total. The molecule has 0 spiro atoms. The van der Waals surface area contributed by atoms with E-state index >= 15 is 0 Å². The third-order valence-corrected chi connectivity index (χ3v) is 5.58. The van der Waals surface area contributed by atoms with Gasteiger partial charge in [-0.05, 0) is 30.9 Å². The van der Waals surface area contributed by atoms with Gasteiger partial charge >= 0.3 is 0 Å². The summed E-state index contributed by atoms with van der Waals surface area (Å²) in [5, 5.41) is 5.64. The van der Waals surface area contributed by atoms with Crippen LogP contribution in [0.3, 0.4) is 0 Å². The van der Waals surface area contributed by atoms with Crippen molar-refractivity contribution in [3.63, 3.8) is 0 Å². The predicted molar refractivity (Wildman–Crippen MR) is 77.3 cm³/mol. The van der Waals surface area contributed by atoms with Gasteiger partial charge in [0.05, 0.1) is 0 Å². The number of hydrogen-bond donors (Lipinski definition) is 1. The third kappa shape index (κ3) is 2.35. The molecule has 0 amide bonds. The second-order valence-electron chi connectivity index (χ2n) is 5.54. The lowest BCUT2D eigenvalue weighted by atomic mass is 10.0. The van der Waals surface area contributed by atoms with Crippen LogP contribution in [-0.2, 0) is 0 Å². The first kappa shape index (κ1) is 12.6. The van der Waals surface area contributed by atoms with Gasteiger partial charge in [0.1, 0.15) is 0 Å². The summed E-state index contributed by atoms with van der Waals surface area (Å²) in [5.41, 5.74) is 1.46. The molecule has 1 aromatic heterocycles. The molecule has 2 saturated heterocycles. The van der Waals surface area contributed by atoms with E-state index in [1.165, 1.54) is 31.7 Å². The Balaban J connectivity index is 1.54. The van der Waals surface area contributed by atoms with Gasteiger partial charge in [-0.2, -0.15) is 0 Å². The van der Waals surface area contributed by atoms with Crippen molar-refractivity contribution in [2.45, 2.75) is 25.9 Å². The van der Waals surface area contributed by atoms with E-state index in [0.29, 0.717) is 6.04 Å². The van der Waals surface area contributed by atoms with Crippen molar-refractivity contribution in [1.29, 1.82) is 0 Å². The highest BCUT2D eigenvalue weighted by molar-refractivity contribution is 7.10. The van der Waals surface area contributed by atoms with Crippen LogP contribution in [0.1, 0.15) is 23.4 Å². The standard InChI is InChI=1S/C14H23N3S/c1-11-3-8-18-14(11)12(2)17-9-13(10-17)16-6-4-15-5-7-16/h3,8,12-13,15H,4-7,9-10H2,1-2H3. The minimum Gasteiger partial charge on any atom is -0.314 e. The number of aryl methyl sites for hydroxylation is 1. The molecule has 2 aliphatic rings. The summed E-state index contributed by atoms with van der Waals surface area (Å²) >= 11 is 1.91. The summed E-state index contributed by atoms with van der Waals surface area (Å²) in [6.45, 7) is 11.9. The third-order valence-electron chi connectivity index (χ3n) is 4.39. The molecule has 0 radical (unpaired) electrons. The normalized spacial score (nSPS) is 25.0. The molecular formula is C14H23N3S. The zero-order chi connectivity index (χ0) is 12.5. The summed E-state index contributed by atoms with van der Waals surface area (Å²) in [5.74, 6) is 0. The quantitative estimate of drug-likeness (QED) is 0.897. The van der Waals surface area contributed by atoms with Crippen LogP contribution in [0.2, 0.25) is 0 Å². The van der Waals surface area contributed by atoms with E-state index in [9.17, 15) is 0 Å². The Hall–Kier alpha value is -0.420. The van der Waals surface area contributed by atoms with Crippen molar-refractivity contribution in [2.75, 3.05) is 39.3 Å². The molecule has 3 nitrogen and oxygen atoms in total. The number of rotatable bonds is 3. The molecule has 18 heavy (non-hydrogen) atoms. The van der Waals surface area contributed by atoms with E-state index in [1.807, 2.05) is 11.3 Å². The van der Waals surface area contributed by atoms with Crippen LogP contribution in [0.4, 0.5) is 0 Å². The van der Waals surface area contributed by atoms with Crippen molar-refractivity contribution < 1.29 is 0 Å². The van der Waals surface area contributed by atoms with Crippen molar-refractivity contribution in [3.05, 3.63) is 21.9 Å². The first-order chi connectivity index (χ1) is 8.75. The van der Waals surface area contributed by atoms with Crippen molar-refractivity contribution in [2.24, 2.45) is 0 Å². The maximum atomic E-state index is 3.43. The van der Waals surface area contributed by atoms with Gasteiger partial charge in [0, 0.05) is 56.2 Å². The number of thiophene rings is 1. The second kappa shape index (κ2) is 5.29. The Bertz CT molecular complexity index is 391. The molecule has 0 aromatic carbocycles. The Morgan fingerprint density at radius 2 is 2.06 bits per heavy atom. The lowest BCUT2D eigenvalue weighted by molar-refractivity contribution is 0.00420. The maximum Gasteiger partial charge on any atom is 0.0417 e. The summed E-state index contributed by atoms with van der Waals surface area (Å²) in [4.78, 5) is 6.82. The fraction of sp³-hybridized carbons (Fsp3) is 0.714. The molecule has 3 rings (SSSR count). The van der Waals surface area contributed by atoms with Crippen LogP contribution in [0.5, 0.6) is 0 Å². The molecule has 1 aromatic rings. The van der Waals surface area contributed by atoms with Gasteiger partial charge in [-0.1, -0.05) is 0 Å². The molecule has 2 aliphatic heterocycles. The van der Waals surface area contributed by atoms with Crippen molar-refractivity contribution >= 4 is 11.3 Å². The van der Waals surface area contributed by atoms with Crippen molar-refractivity contribution in [3.8, 4) is 0 Å². The van der Waals surface area contributed by atoms with Crippen LogP contribution in [0, 0.1) is 6.92 Å². The minimum absolute atomic E-state index is 0.601. The largest absolute Gasteiger partial charge is 0.314 e. The molecule has 1 unspecified atom stereocenters. The summed E-state index contributed by atoms with van der Waals surface area (Å²) in [6, 6.07) is 3.64. The highest BCUT2D eigenvalue weighted by atomic mass is 32.1. The van der Waals surface area contributed by atoms with Gasteiger partial charge in [-0.3, -0.25) is 9.80 Å². The molecule has 4 heteroatoms. The van der Waals surface area contributed by atoms with Gasteiger partial charge in [-0.25, -0.2) is 0 Å². The summed E-state index contributed by atoms with van der Waals surface area (Å²) in [7, 11) is 0. The fourth-order valence-corrected chi connectivity index (χ4v) is 4.08. The van der Waals surface area contributed by atoms with Gasteiger partial charge < -0.3 is 5.32 Å². The number of likely N-dealkylation sites (tertiary alicyclic amines) is 1. The predicted octanol–water partition coefficient (Wildman–Crippen LogP) is 1.71. The molecule has 0 bridgehead atoms. The van der Waals surface area contributed by atoms with Crippen LogP contribution >= 0.6 is 11.3 Å². The lowest BCUT2D eigenvalue weighted by Crippen LogP contribution is -2.62. The van der Waals surface area contributed by atoms with Crippen LogP contribution in [-0.4, -0.2) is 55.1 Å². The summed E-state index contributed by atoms with van der Waals surface area (Å²) < 4.78 is 0. The van der Waals surface area contributed by atoms with E-state index in [1.54, 1.807) is 4.88 Å². The molecule has 1 atom stereocenters. The second-order valence-corrected chi connectivity index (χ2v) is 6.49. The monoisotopic (exact) mass is 265 g/mol. The van der Waals surface area contributed by atoms with E-state index in [4.69, 9.17) is 0 Å². The van der Waals surface area contributed by atoms with Gasteiger partial charge in [-0.15, -0.1) is 11.3 Å². The molecule has 100 valence electrons. The average molecular weight is 265 g/mol. The zero-order valence-corrected chi connectivity index (χ0v) is 12.2. The SMILES string of the molecule is Cc1ccsc1C(C)N1CC(N2CCNCC2)C1. The lowest BCUT2D eigenvalue weighted by Gasteiger charge is -2.49. The van der Waals surface area contributed by atoms with E-state index < -0.39 is 0 Å². The number of hydrogen-bond acceptors (Lipinski definition) is 4. The van der Waals surface area contributed by atoms with Gasteiger partial charge in [0.2, 0.25) is 0 Å². The molecule has 2 fully saturated rings. The van der Waals surface area contributed by atoms with Crippen LogP contribution < -0.4 is 5.32 Å². The van der Waals surface area contributed by atoms with Gasteiger partial charge in [0.25, 0.3) is 0 Å². The Labute approximate surface area is 114 Å². The summed E-state index contributed by atoms with van der Waals surface area (Å²) in [6.07, 6.45) is 0. The van der Waals surface area contributed by atoms with E-state index in [0.717, 1.165) is 19.1 Å². The Morgan fingerprint density at radius 3 is 2.67 bits per heavy atom. The maximum absolute atomic E-state index is 3.43. The fourth-order valence-electron chi connectivity index (χ4n) is 3.06. The molecule has 0 aliphatic carbocycles. The van der Waals surface area contributed by atoms with Crippen molar-refractivity contribution in [1.82, 2.24) is 15.1 Å². The Kier molecular flexibility index (Phi) is 3.71. The topological polar surface area (TPSA) is 18.5 Å². The highest BCUT2D eigenvalue weighted by Gasteiger charge is 2.35. The molecule has 0 saturated carbocycles. The Morgan fingerprint density at radius 1 is 1.33 bits per heavy atom. The first-order valence-corrected chi connectivity index (χ1v) is 7.86. The van der Waals surface area contributed by atoms with Gasteiger partial charge in [0.15, 0.2) is 0 Å². The minimum atomic E-state index is 0.601. The smallest absolute Gasteiger partial charge is 0.0417 e.